The molecule has 0 aliphatic carbocycles. The van der Waals surface area contributed by atoms with Gasteiger partial charge in [0, 0.05) is 12.8 Å². The summed E-state index contributed by atoms with van der Waals surface area (Å²) >= 11 is 0. The van der Waals surface area contributed by atoms with Crippen molar-refractivity contribution in [3.8, 4) is 0 Å². The number of unbranched alkanes of at least 4 members (excludes halogenated alkanes) is 56. The summed E-state index contributed by atoms with van der Waals surface area (Å²) in [6, 6.07) is -0.623. The second-order valence-electron chi connectivity index (χ2n) is 26.0. The molecule has 83 heavy (non-hydrogen) atoms. The second-order valence-corrected chi connectivity index (χ2v) is 26.0. The van der Waals surface area contributed by atoms with Gasteiger partial charge in [0.1, 0.15) is 0 Å². The van der Waals surface area contributed by atoms with Crippen molar-refractivity contribution >= 4 is 11.9 Å². The van der Waals surface area contributed by atoms with Crippen molar-refractivity contribution in [3.63, 3.8) is 0 Å². The van der Waals surface area contributed by atoms with Crippen molar-refractivity contribution in [2.24, 2.45) is 0 Å². The average Bonchev–Trinajstić information content (AvgIpc) is 3.49. The number of nitrogens with one attached hydrogen (secondary N) is 1. The molecule has 3 N–H and O–H groups in total. The molecule has 0 saturated heterocycles. The number of aliphatic hydroxyl groups is 2. The summed E-state index contributed by atoms with van der Waals surface area (Å²) in [5.74, 6) is -0.0479. The maximum absolute atomic E-state index is 12.4. The number of hydrogen-bond donors (Lipinski definition) is 3. The van der Waals surface area contributed by atoms with E-state index in [-0.39, 0.29) is 18.5 Å². The highest BCUT2D eigenvalue weighted by Crippen LogP contribution is 2.19. The van der Waals surface area contributed by atoms with Gasteiger partial charge in [0.15, 0.2) is 0 Å². The topological polar surface area (TPSA) is 95.9 Å². The molecule has 2 unspecified atom stereocenters. The number of aliphatic hydroxyl groups excluding tert-OH is 2. The van der Waals surface area contributed by atoms with Gasteiger partial charge in [-0.15, -0.1) is 0 Å². The average molecular weight is 1170 g/mol. The van der Waals surface area contributed by atoms with Crippen LogP contribution >= 0.6 is 0 Å². The first kappa shape index (κ1) is 81.1. The minimum atomic E-state index is -0.840. The lowest BCUT2D eigenvalue weighted by Gasteiger charge is -2.20. The third-order valence-corrected chi connectivity index (χ3v) is 17.6. The van der Waals surface area contributed by atoms with Gasteiger partial charge < -0.3 is 20.3 Å². The first-order valence-corrected chi connectivity index (χ1v) is 37.8. The van der Waals surface area contributed by atoms with Gasteiger partial charge in [-0.3, -0.25) is 9.59 Å². The Labute approximate surface area is 519 Å². The molecule has 0 spiro atoms. The number of rotatable bonds is 71. The number of hydrogen-bond acceptors (Lipinski definition) is 5. The van der Waals surface area contributed by atoms with Gasteiger partial charge in [-0.25, -0.2) is 0 Å². The van der Waals surface area contributed by atoms with Crippen LogP contribution in [0.25, 0.3) is 0 Å². The maximum atomic E-state index is 12.4. The molecule has 0 aromatic rings. The van der Waals surface area contributed by atoms with Crippen molar-refractivity contribution in [3.05, 3.63) is 36.5 Å². The molecule has 2 atom stereocenters. The van der Waals surface area contributed by atoms with Crippen LogP contribution in [0.1, 0.15) is 418 Å². The molecule has 1 amide bonds. The molecule has 0 fully saturated rings. The van der Waals surface area contributed by atoms with Crippen LogP contribution < -0.4 is 5.32 Å². The van der Waals surface area contributed by atoms with Crippen molar-refractivity contribution in [1.29, 1.82) is 0 Å². The summed E-state index contributed by atoms with van der Waals surface area (Å²) in [6.07, 6.45) is 94.2. The molecule has 0 heterocycles. The third-order valence-electron chi connectivity index (χ3n) is 17.6. The molecule has 0 radical (unpaired) electrons. The molecule has 6 heteroatoms. The van der Waals surface area contributed by atoms with Crippen LogP contribution in [0.4, 0.5) is 0 Å². The largest absolute Gasteiger partial charge is 0.466 e. The Kier molecular flexibility index (Phi) is 70.9. The summed E-state index contributed by atoms with van der Waals surface area (Å²) in [6.45, 7) is 4.92. The highest BCUT2D eigenvalue weighted by Gasteiger charge is 2.18. The lowest BCUT2D eigenvalue weighted by atomic mass is 10.0. The standard InChI is InChI=1S/C77H147NO5/c1-3-5-7-9-11-13-15-16-17-44-47-51-55-59-63-67-71-77(82)83-72-68-64-60-56-52-48-45-42-40-38-36-34-32-30-28-26-24-22-20-18-19-21-23-25-27-29-31-33-35-37-39-41-43-46-50-54-58-62-66-70-76(81)78-74(73-79)75(80)69-65-61-57-53-49-14-12-10-8-6-4-2/h17-19,44,65,69,74-75,79-80H,3-16,20-43,45-64,66-68,70-73H2,1-2H3,(H,78,81)/b19-18-,44-17-,69-65+. The van der Waals surface area contributed by atoms with E-state index in [1.807, 2.05) is 6.08 Å². The Bertz CT molecular complexity index is 1340. The van der Waals surface area contributed by atoms with E-state index in [1.165, 1.54) is 347 Å². The Morgan fingerprint density at radius 1 is 0.325 bits per heavy atom. The zero-order valence-corrected chi connectivity index (χ0v) is 56.2. The van der Waals surface area contributed by atoms with Crippen LogP contribution in [-0.2, 0) is 14.3 Å². The number of allylic oxidation sites excluding steroid dienone is 5. The first-order chi connectivity index (χ1) is 41.0. The minimum absolute atomic E-state index is 0.0153. The van der Waals surface area contributed by atoms with Crippen molar-refractivity contribution in [2.75, 3.05) is 13.2 Å². The van der Waals surface area contributed by atoms with Crippen molar-refractivity contribution in [2.45, 2.75) is 431 Å². The summed E-state index contributed by atoms with van der Waals surface area (Å²) in [5.41, 5.74) is 0. The summed E-state index contributed by atoms with van der Waals surface area (Å²) < 4.78 is 5.50. The van der Waals surface area contributed by atoms with E-state index in [0.717, 1.165) is 44.9 Å². The SMILES string of the molecule is CCCCCCCCC/C=C\CCCCCCCC(=O)OCCCCCCCCCCCCCCCCCCCC/C=C\CCCCCCCCCCCCCCCCCCCC(=O)NC(CO)C(O)/C=C/CCCCCCCCCCC. The number of carbonyl (C=O) groups is 2. The minimum Gasteiger partial charge on any atom is -0.466 e. The highest BCUT2D eigenvalue weighted by molar-refractivity contribution is 5.76. The van der Waals surface area contributed by atoms with Crippen molar-refractivity contribution in [1.82, 2.24) is 5.32 Å². The maximum Gasteiger partial charge on any atom is 0.305 e. The quantitative estimate of drug-likeness (QED) is 0.0320. The van der Waals surface area contributed by atoms with Crippen LogP contribution in [-0.4, -0.2) is 47.4 Å². The van der Waals surface area contributed by atoms with Crippen LogP contribution in [0, 0.1) is 0 Å². The van der Waals surface area contributed by atoms with E-state index in [0.29, 0.717) is 19.4 Å². The molecule has 490 valence electrons. The molecule has 0 rings (SSSR count). The summed E-state index contributed by atoms with van der Waals surface area (Å²) in [4.78, 5) is 24.5. The normalized spacial score (nSPS) is 12.7. The first-order valence-electron chi connectivity index (χ1n) is 37.8. The molecule has 0 aromatic carbocycles. The highest BCUT2D eigenvalue weighted by atomic mass is 16.5. The van der Waals surface area contributed by atoms with Gasteiger partial charge in [-0.2, -0.15) is 0 Å². The van der Waals surface area contributed by atoms with E-state index in [4.69, 9.17) is 4.74 Å². The second kappa shape index (κ2) is 72.6. The monoisotopic (exact) mass is 1170 g/mol. The van der Waals surface area contributed by atoms with E-state index >= 15 is 0 Å². The van der Waals surface area contributed by atoms with Gasteiger partial charge in [0.2, 0.25) is 5.91 Å². The molecular weight excluding hydrogens is 1020 g/mol. The fraction of sp³-hybridized carbons (Fsp3) is 0.896. The van der Waals surface area contributed by atoms with Crippen LogP contribution in [0.5, 0.6) is 0 Å². The van der Waals surface area contributed by atoms with Gasteiger partial charge in [-0.1, -0.05) is 359 Å². The molecule has 0 aliphatic rings. The number of esters is 1. The predicted octanol–water partition coefficient (Wildman–Crippen LogP) is 24.7. The Morgan fingerprint density at radius 3 is 0.855 bits per heavy atom. The Hall–Kier alpha value is -1.92. The van der Waals surface area contributed by atoms with Gasteiger partial charge in [0.25, 0.3) is 0 Å². The van der Waals surface area contributed by atoms with Crippen LogP contribution in [0.3, 0.4) is 0 Å². The van der Waals surface area contributed by atoms with E-state index in [1.54, 1.807) is 6.08 Å². The lowest BCUT2D eigenvalue weighted by molar-refractivity contribution is -0.143. The van der Waals surface area contributed by atoms with Crippen molar-refractivity contribution < 1.29 is 24.5 Å². The lowest BCUT2D eigenvalue weighted by Crippen LogP contribution is -2.45. The number of carbonyl (C=O) groups excluding carboxylic acids is 2. The Balaban J connectivity index is 3.31. The zero-order valence-electron chi connectivity index (χ0n) is 56.2. The fourth-order valence-corrected chi connectivity index (χ4v) is 11.9. The Morgan fingerprint density at radius 2 is 0.566 bits per heavy atom. The predicted molar refractivity (Wildman–Crippen MR) is 366 cm³/mol. The van der Waals surface area contributed by atoms with Crippen LogP contribution in [0.2, 0.25) is 0 Å². The van der Waals surface area contributed by atoms with Gasteiger partial charge in [-0.05, 0) is 83.5 Å². The zero-order chi connectivity index (χ0) is 59.9. The number of ether oxygens (including phenoxy) is 1. The van der Waals surface area contributed by atoms with Gasteiger partial charge in [0.05, 0.1) is 25.4 Å². The van der Waals surface area contributed by atoms with E-state index in [9.17, 15) is 19.8 Å². The molecule has 6 nitrogen and oxygen atoms in total. The fourth-order valence-electron chi connectivity index (χ4n) is 11.9. The smallest absolute Gasteiger partial charge is 0.305 e. The number of amides is 1. The van der Waals surface area contributed by atoms with E-state index < -0.39 is 12.1 Å². The molecular formula is C77H147NO5. The summed E-state index contributed by atoms with van der Waals surface area (Å²) in [5, 5.41) is 23.1. The van der Waals surface area contributed by atoms with Gasteiger partial charge >= 0.3 is 5.97 Å². The molecule has 0 aliphatic heterocycles. The van der Waals surface area contributed by atoms with E-state index in [2.05, 4.69) is 43.5 Å². The molecule has 0 saturated carbocycles. The molecule has 0 bridgehead atoms. The van der Waals surface area contributed by atoms with Crippen LogP contribution in [0.15, 0.2) is 36.5 Å². The molecule has 0 aromatic heterocycles. The third kappa shape index (κ3) is 69.1. The summed E-state index contributed by atoms with van der Waals surface area (Å²) in [7, 11) is 0.